The van der Waals surface area contributed by atoms with Crippen LogP contribution in [-0.4, -0.2) is 40.7 Å². The van der Waals surface area contributed by atoms with Gasteiger partial charge < -0.3 is 9.47 Å². The first-order valence-electron chi connectivity index (χ1n) is 10.0. The summed E-state index contributed by atoms with van der Waals surface area (Å²) in [6.45, 7) is 9.16. The van der Waals surface area contributed by atoms with Crippen LogP contribution in [0.15, 0.2) is 24.3 Å². The lowest BCUT2D eigenvalue weighted by Crippen LogP contribution is -2.27. The van der Waals surface area contributed by atoms with Crippen molar-refractivity contribution >= 4 is 33.4 Å². The fourth-order valence-corrected chi connectivity index (χ4v) is 4.49. The second-order valence-corrected chi connectivity index (χ2v) is 7.46. The number of fused-ring (bicyclic) bond motifs is 5. The molecule has 28 heavy (non-hydrogen) atoms. The Bertz CT molecular complexity index is 1110. The fraction of sp³-hybridized carbons (Fsp3) is 0.391. The van der Waals surface area contributed by atoms with Gasteiger partial charge in [0, 0.05) is 41.4 Å². The molecule has 0 aliphatic heterocycles. The molecule has 5 heteroatoms. The smallest absolute Gasteiger partial charge is 0.163 e. The lowest BCUT2D eigenvalue weighted by Gasteiger charge is -2.19. The van der Waals surface area contributed by atoms with Crippen molar-refractivity contribution in [3.05, 3.63) is 46.8 Å². The first-order chi connectivity index (χ1) is 13.5. The highest BCUT2D eigenvalue weighted by atomic mass is 19.1. The van der Waals surface area contributed by atoms with Gasteiger partial charge in [0.25, 0.3) is 0 Å². The number of ketones is 2. The van der Waals surface area contributed by atoms with Crippen LogP contribution in [0.5, 0.6) is 0 Å². The Kier molecular flexibility index (Phi) is 4.79. The van der Waals surface area contributed by atoms with Crippen LogP contribution in [0.25, 0.3) is 21.8 Å². The van der Waals surface area contributed by atoms with Gasteiger partial charge in [0.2, 0.25) is 0 Å². The van der Waals surface area contributed by atoms with Gasteiger partial charge in [0.15, 0.2) is 11.6 Å². The van der Waals surface area contributed by atoms with E-state index in [-0.39, 0.29) is 17.1 Å². The van der Waals surface area contributed by atoms with Gasteiger partial charge in [-0.15, -0.1) is 0 Å². The number of carbonyl (C=O) groups is 2. The van der Waals surface area contributed by atoms with Crippen molar-refractivity contribution in [2.75, 3.05) is 19.6 Å². The summed E-state index contributed by atoms with van der Waals surface area (Å²) in [7, 11) is 0. The second kappa shape index (κ2) is 7.13. The molecule has 4 rings (SSSR count). The molecule has 1 aliphatic rings. The van der Waals surface area contributed by atoms with Crippen LogP contribution < -0.4 is 0 Å². The first-order valence-corrected chi connectivity index (χ1v) is 10.0. The average Bonchev–Trinajstić information content (AvgIpc) is 3.21. The zero-order valence-corrected chi connectivity index (χ0v) is 16.6. The van der Waals surface area contributed by atoms with E-state index in [0.29, 0.717) is 23.8 Å². The molecule has 4 nitrogen and oxygen atoms in total. The molecule has 0 amide bonds. The number of Topliss-reactive ketones (excluding diaryl/α,β-unsaturated/α-hetero) is 2. The predicted molar refractivity (Wildman–Crippen MR) is 110 cm³/mol. The number of nitrogens with zero attached hydrogens (tertiary/aromatic N) is 2. The molecule has 3 aromatic rings. The van der Waals surface area contributed by atoms with E-state index in [2.05, 4.69) is 23.3 Å². The Balaban J connectivity index is 2.02. The number of hydrogen-bond donors (Lipinski definition) is 0. The van der Waals surface area contributed by atoms with Gasteiger partial charge in [0.05, 0.1) is 11.1 Å². The highest BCUT2D eigenvalue weighted by Gasteiger charge is 2.27. The molecular formula is C23H25FN2O2. The number of hydrogen-bond acceptors (Lipinski definition) is 3. The Morgan fingerprint density at radius 1 is 1.07 bits per heavy atom. The Hall–Kier alpha value is -2.53. The van der Waals surface area contributed by atoms with E-state index < -0.39 is 5.82 Å². The number of aromatic nitrogens is 1. The third kappa shape index (κ3) is 2.76. The van der Waals surface area contributed by atoms with E-state index in [1.807, 2.05) is 18.2 Å². The average molecular weight is 380 g/mol. The van der Waals surface area contributed by atoms with Gasteiger partial charge >= 0.3 is 0 Å². The molecule has 1 heterocycles. The number of likely N-dealkylation sites (N-methyl/N-ethyl adjacent to an activating group) is 1. The van der Waals surface area contributed by atoms with Crippen molar-refractivity contribution in [2.45, 2.75) is 40.2 Å². The molecule has 0 bridgehead atoms. The molecule has 0 N–H and O–H groups in total. The van der Waals surface area contributed by atoms with Crippen molar-refractivity contribution in [3.8, 4) is 0 Å². The van der Waals surface area contributed by atoms with Crippen molar-refractivity contribution < 1.29 is 14.0 Å². The third-order valence-electron chi connectivity index (χ3n) is 6.06. The van der Waals surface area contributed by atoms with Gasteiger partial charge in [-0.3, -0.25) is 9.59 Å². The van der Waals surface area contributed by atoms with Crippen LogP contribution in [0, 0.1) is 5.82 Å². The Morgan fingerprint density at radius 2 is 1.75 bits per heavy atom. The SMILES string of the molecule is CCN(CC)CCn1c2ccc(C(C)=O)c(F)c2c2c3c(ccc21)C(=O)CC3. The number of rotatable bonds is 6. The minimum absolute atomic E-state index is 0.109. The van der Waals surface area contributed by atoms with Crippen molar-refractivity contribution in [2.24, 2.45) is 0 Å². The molecule has 1 aromatic heterocycles. The summed E-state index contributed by atoms with van der Waals surface area (Å²) in [6, 6.07) is 7.24. The van der Waals surface area contributed by atoms with Crippen molar-refractivity contribution in [1.29, 1.82) is 0 Å². The standard InChI is InChI=1S/C23H25FN2O2/c1-4-25(5-2)12-13-26-18-10-7-16-17(8-11-20(16)28)21(18)22-19(26)9-6-15(14(3)27)23(22)24/h6-7,9-10H,4-5,8,11-13H2,1-3H3. The van der Waals surface area contributed by atoms with Crippen LogP contribution in [0.4, 0.5) is 4.39 Å². The van der Waals surface area contributed by atoms with Gasteiger partial charge in [0.1, 0.15) is 5.82 Å². The largest absolute Gasteiger partial charge is 0.339 e. The third-order valence-corrected chi connectivity index (χ3v) is 6.06. The first kappa shape index (κ1) is 18.8. The van der Waals surface area contributed by atoms with Gasteiger partial charge in [-0.2, -0.15) is 0 Å². The van der Waals surface area contributed by atoms with Crippen LogP contribution >= 0.6 is 0 Å². The highest BCUT2D eigenvalue weighted by Crippen LogP contribution is 2.39. The van der Waals surface area contributed by atoms with Gasteiger partial charge in [-0.05, 0) is 56.3 Å². The summed E-state index contributed by atoms with van der Waals surface area (Å²) in [5, 5.41) is 1.28. The summed E-state index contributed by atoms with van der Waals surface area (Å²) in [5.74, 6) is -0.638. The van der Waals surface area contributed by atoms with E-state index in [9.17, 15) is 9.59 Å². The molecular weight excluding hydrogens is 355 g/mol. The number of benzene rings is 2. The summed E-state index contributed by atoms with van der Waals surface area (Å²) < 4.78 is 17.6. The Morgan fingerprint density at radius 3 is 2.43 bits per heavy atom. The molecule has 0 saturated heterocycles. The minimum atomic E-state index is -0.468. The minimum Gasteiger partial charge on any atom is -0.339 e. The Labute approximate surface area is 163 Å². The topological polar surface area (TPSA) is 42.3 Å². The maximum absolute atomic E-state index is 15.4. The molecule has 0 saturated carbocycles. The molecule has 0 fully saturated rings. The van der Waals surface area contributed by atoms with Crippen LogP contribution in [-0.2, 0) is 13.0 Å². The second-order valence-electron chi connectivity index (χ2n) is 7.46. The maximum Gasteiger partial charge on any atom is 0.163 e. The van der Waals surface area contributed by atoms with E-state index in [4.69, 9.17) is 0 Å². The van der Waals surface area contributed by atoms with Gasteiger partial charge in [-0.1, -0.05) is 13.8 Å². The normalized spacial score (nSPS) is 13.8. The molecule has 0 atom stereocenters. The molecule has 0 unspecified atom stereocenters. The molecule has 146 valence electrons. The highest BCUT2D eigenvalue weighted by molar-refractivity contribution is 6.16. The van der Waals surface area contributed by atoms with E-state index in [0.717, 1.165) is 48.2 Å². The quantitative estimate of drug-likeness (QED) is 0.587. The van der Waals surface area contributed by atoms with Crippen molar-refractivity contribution in [3.63, 3.8) is 0 Å². The summed E-state index contributed by atoms with van der Waals surface area (Å²) in [6.07, 6.45) is 1.10. The van der Waals surface area contributed by atoms with Crippen LogP contribution in [0.2, 0.25) is 0 Å². The monoisotopic (exact) mass is 380 g/mol. The summed E-state index contributed by atoms with van der Waals surface area (Å²) in [5.41, 5.74) is 3.46. The summed E-state index contributed by atoms with van der Waals surface area (Å²) in [4.78, 5) is 26.5. The maximum atomic E-state index is 15.4. The number of halogens is 1. The van der Waals surface area contributed by atoms with Crippen LogP contribution in [0.1, 0.15) is 53.5 Å². The van der Waals surface area contributed by atoms with Gasteiger partial charge in [-0.25, -0.2) is 4.39 Å². The molecule has 2 aromatic carbocycles. The summed E-state index contributed by atoms with van der Waals surface area (Å²) >= 11 is 0. The van der Waals surface area contributed by atoms with Crippen LogP contribution in [0.3, 0.4) is 0 Å². The zero-order chi connectivity index (χ0) is 20.0. The fourth-order valence-electron chi connectivity index (χ4n) is 4.49. The number of carbonyl (C=O) groups excluding carboxylic acids is 2. The zero-order valence-electron chi connectivity index (χ0n) is 16.6. The predicted octanol–water partition coefficient (Wildman–Crippen LogP) is 4.61. The van der Waals surface area contributed by atoms with E-state index in [1.165, 1.54) is 6.92 Å². The lowest BCUT2D eigenvalue weighted by molar-refractivity contribution is 0.0991. The molecule has 0 spiro atoms. The molecule has 0 radical (unpaired) electrons. The molecule has 1 aliphatic carbocycles. The van der Waals surface area contributed by atoms with E-state index >= 15 is 4.39 Å². The lowest BCUT2D eigenvalue weighted by atomic mass is 10.00. The van der Waals surface area contributed by atoms with E-state index in [1.54, 1.807) is 6.07 Å². The number of aryl methyl sites for hydroxylation is 1. The van der Waals surface area contributed by atoms with Crippen molar-refractivity contribution in [1.82, 2.24) is 9.47 Å².